The first-order valence-corrected chi connectivity index (χ1v) is 8.09. The summed E-state index contributed by atoms with van der Waals surface area (Å²) in [5, 5.41) is 22.0. The first kappa shape index (κ1) is 17.2. The van der Waals surface area contributed by atoms with Crippen molar-refractivity contribution in [2.24, 2.45) is 0 Å². The molecule has 0 bridgehead atoms. The van der Waals surface area contributed by atoms with Gasteiger partial charge in [0.2, 0.25) is 0 Å². The maximum absolute atomic E-state index is 11.7. The zero-order valence-corrected chi connectivity index (χ0v) is 12.3. The minimum atomic E-state index is -3.20. The molecule has 1 fully saturated rings. The molecule has 2 atom stereocenters. The van der Waals surface area contributed by atoms with E-state index < -0.39 is 45.8 Å². The minimum Gasteiger partial charge on any atom is -0.481 e. The summed E-state index contributed by atoms with van der Waals surface area (Å²) in [4.78, 5) is 33.1. The molecule has 21 heavy (non-hydrogen) atoms. The average Bonchev–Trinajstić information content (AvgIpc) is 2.57. The average molecular weight is 322 g/mol. The predicted molar refractivity (Wildman–Crippen MR) is 71.6 cm³/mol. The lowest BCUT2D eigenvalue weighted by atomic mass is 10.0. The second-order valence-corrected chi connectivity index (χ2v) is 7.51. The van der Waals surface area contributed by atoms with Gasteiger partial charge in [-0.1, -0.05) is 0 Å². The van der Waals surface area contributed by atoms with Crippen molar-refractivity contribution in [3.05, 3.63) is 0 Å². The standard InChI is InChI=1S/C11H18N2O7S/c1-11(4-5-21(19,20)6-11)13-10(18)12-7(9(16)17)2-3-8(14)15/h7H,2-6H2,1H3,(H,14,15)(H,16,17)(H2,12,13,18). The molecule has 0 aromatic rings. The third kappa shape index (κ3) is 5.58. The molecule has 1 aliphatic rings. The normalized spacial score (nSPS) is 25.0. The maximum atomic E-state index is 11.7. The molecule has 10 heteroatoms. The van der Waals surface area contributed by atoms with Crippen molar-refractivity contribution in [3.63, 3.8) is 0 Å². The highest BCUT2D eigenvalue weighted by atomic mass is 32.2. The van der Waals surface area contributed by atoms with E-state index >= 15 is 0 Å². The van der Waals surface area contributed by atoms with Gasteiger partial charge in [0.25, 0.3) is 0 Å². The van der Waals surface area contributed by atoms with Crippen LogP contribution in [0.25, 0.3) is 0 Å². The van der Waals surface area contributed by atoms with Gasteiger partial charge in [0.1, 0.15) is 6.04 Å². The largest absolute Gasteiger partial charge is 0.481 e. The molecule has 0 saturated carbocycles. The van der Waals surface area contributed by atoms with Gasteiger partial charge in [0, 0.05) is 6.42 Å². The van der Waals surface area contributed by atoms with E-state index in [1.165, 1.54) is 0 Å². The van der Waals surface area contributed by atoms with E-state index in [2.05, 4.69) is 10.6 Å². The molecule has 2 unspecified atom stereocenters. The lowest BCUT2D eigenvalue weighted by molar-refractivity contribution is -0.140. The molecule has 1 heterocycles. The lowest BCUT2D eigenvalue weighted by Crippen LogP contribution is -2.54. The number of carboxylic acid groups (broad SMARTS) is 2. The van der Waals surface area contributed by atoms with Crippen LogP contribution in [0.3, 0.4) is 0 Å². The Labute approximate surface area is 121 Å². The zero-order valence-electron chi connectivity index (χ0n) is 11.5. The number of aliphatic carboxylic acids is 2. The molecule has 2 amide bonds. The van der Waals surface area contributed by atoms with Crippen molar-refractivity contribution in [1.29, 1.82) is 0 Å². The van der Waals surface area contributed by atoms with Crippen LogP contribution in [-0.2, 0) is 19.4 Å². The van der Waals surface area contributed by atoms with Crippen molar-refractivity contribution in [2.75, 3.05) is 11.5 Å². The molecular formula is C11H18N2O7S. The predicted octanol–water partition coefficient (Wildman–Crippen LogP) is -0.819. The Kier molecular flexibility index (Phi) is 5.15. The van der Waals surface area contributed by atoms with Crippen molar-refractivity contribution in [1.82, 2.24) is 10.6 Å². The van der Waals surface area contributed by atoms with Crippen LogP contribution in [0.5, 0.6) is 0 Å². The number of carbonyl (C=O) groups is 3. The number of hydrogen-bond donors (Lipinski definition) is 4. The fourth-order valence-electron chi connectivity index (χ4n) is 2.10. The van der Waals surface area contributed by atoms with Crippen LogP contribution in [0.1, 0.15) is 26.2 Å². The van der Waals surface area contributed by atoms with E-state index in [-0.39, 0.29) is 24.3 Å². The fourth-order valence-corrected chi connectivity index (χ4v) is 4.20. The third-order valence-corrected chi connectivity index (χ3v) is 5.07. The zero-order chi connectivity index (χ0) is 16.3. The number of nitrogens with one attached hydrogen (secondary N) is 2. The van der Waals surface area contributed by atoms with Crippen LogP contribution >= 0.6 is 0 Å². The Bertz CT molecular complexity index is 545. The number of urea groups is 1. The van der Waals surface area contributed by atoms with E-state index in [1.807, 2.05) is 0 Å². The molecule has 0 spiro atoms. The van der Waals surface area contributed by atoms with E-state index in [0.29, 0.717) is 0 Å². The van der Waals surface area contributed by atoms with Crippen LogP contribution in [0, 0.1) is 0 Å². The van der Waals surface area contributed by atoms with Crippen LogP contribution in [0.4, 0.5) is 4.79 Å². The van der Waals surface area contributed by atoms with Gasteiger partial charge in [-0.3, -0.25) is 4.79 Å². The SMILES string of the molecule is CC1(NC(=O)NC(CCC(=O)O)C(=O)O)CCS(=O)(=O)C1. The van der Waals surface area contributed by atoms with Crippen LogP contribution in [0.2, 0.25) is 0 Å². The van der Waals surface area contributed by atoms with Gasteiger partial charge >= 0.3 is 18.0 Å². The van der Waals surface area contributed by atoms with Gasteiger partial charge in [0.05, 0.1) is 17.0 Å². The lowest BCUT2D eigenvalue weighted by Gasteiger charge is -2.25. The van der Waals surface area contributed by atoms with Crippen molar-refractivity contribution in [3.8, 4) is 0 Å². The van der Waals surface area contributed by atoms with Crippen LogP contribution < -0.4 is 10.6 Å². The smallest absolute Gasteiger partial charge is 0.326 e. The van der Waals surface area contributed by atoms with Gasteiger partial charge in [0.15, 0.2) is 9.84 Å². The second kappa shape index (κ2) is 6.29. The van der Waals surface area contributed by atoms with Gasteiger partial charge in [-0.25, -0.2) is 18.0 Å². The van der Waals surface area contributed by atoms with Gasteiger partial charge in [-0.2, -0.15) is 0 Å². The molecule has 0 radical (unpaired) electrons. The Hall–Kier alpha value is -1.84. The van der Waals surface area contributed by atoms with Gasteiger partial charge in [-0.05, 0) is 19.8 Å². The van der Waals surface area contributed by atoms with Crippen molar-refractivity contribution < 1.29 is 33.0 Å². The summed E-state index contributed by atoms with van der Waals surface area (Å²) in [7, 11) is -3.20. The minimum absolute atomic E-state index is 0.0366. The van der Waals surface area contributed by atoms with Gasteiger partial charge < -0.3 is 20.8 Å². The number of carbonyl (C=O) groups excluding carboxylic acids is 1. The molecule has 1 saturated heterocycles. The maximum Gasteiger partial charge on any atom is 0.326 e. The summed E-state index contributed by atoms with van der Waals surface area (Å²) >= 11 is 0. The Morgan fingerprint density at radius 2 is 1.90 bits per heavy atom. The molecule has 9 nitrogen and oxygen atoms in total. The second-order valence-electron chi connectivity index (χ2n) is 5.32. The Balaban J connectivity index is 2.58. The Morgan fingerprint density at radius 1 is 1.29 bits per heavy atom. The summed E-state index contributed by atoms with van der Waals surface area (Å²) in [6.45, 7) is 1.56. The summed E-state index contributed by atoms with van der Waals surface area (Å²) in [6.07, 6.45) is -0.411. The van der Waals surface area contributed by atoms with Crippen LogP contribution in [0.15, 0.2) is 0 Å². The molecule has 0 aliphatic carbocycles. The first-order chi connectivity index (χ1) is 9.53. The van der Waals surface area contributed by atoms with E-state index in [0.717, 1.165) is 0 Å². The molecule has 1 rings (SSSR count). The topological polar surface area (TPSA) is 150 Å². The molecule has 0 aromatic heterocycles. The summed E-state index contributed by atoms with van der Waals surface area (Å²) < 4.78 is 22.8. The van der Waals surface area contributed by atoms with E-state index in [1.54, 1.807) is 6.92 Å². The highest BCUT2D eigenvalue weighted by Crippen LogP contribution is 2.22. The molecular weight excluding hydrogens is 304 g/mol. The highest BCUT2D eigenvalue weighted by Gasteiger charge is 2.39. The number of sulfone groups is 1. The molecule has 4 N–H and O–H groups in total. The number of rotatable bonds is 6. The van der Waals surface area contributed by atoms with Gasteiger partial charge in [-0.15, -0.1) is 0 Å². The molecule has 1 aliphatic heterocycles. The first-order valence-electron chi connectivity index (χ1n) is 6.27. The summed E-state index contributed by atoms with van der Waals surface area (Å²) in [5.74, 6) is -2.77. The van der Waals surface area contributed by atoms with Crippen molar-refractivity contribution in [2.45, 2.75) is 37.8 Å². The number of carboxylic acids is 2. The van der Waals surface area contributed by atoms with E-state index in [4.69, 9.17) is 10.2 Å². The fraction of sp³-hybridized carbons (Fsp3) is 0.727. The molecule has 120 valence electrons. The number of amides is 2. The quantitative estimate of drug-likeness (QED) is 0.499. The van der Waals surface area contributed by atoms with Crippen LogP contribution in [-0.4, -0.2) is 59.7 Å². The summed E-state index contributed by atoms with van der Waals surface area (Å²) in [5.41, 5.74) is -0.946. The highest BCUT2D eigenvalue weighted by molar-refractivity contribution is 7.91. The Morgan fingerprint density at radius 3 is 2.33 bits per heavy atom. The molecule has 0 aromatic carbocycles. The summed E-state index contributed by atoms with van der Waals surface area (Å²) in [6, 6.07) is -2.17. The number of hydrogen-bond acceptors (Lipinski definition) is 5. The third-order valence-electron chi connectivity index (χ3n) is 3.17. The monoisotopic (exact) mass is 322 g/mol. The van der Waals surface area contributed by atoms with E-state index in [9.17, 15) is 22.8 Å². The van der Waals surface area contributed by atoms with Crippen molar-refractivity contribution >= 4 is 27.8 Å².